The molecule has 1 rings (SSSR count). The van der Waals surface area contributed by atoms with E-state index in [9.17, 15) is 33.0 Å². The van der Waals surface area contributed by atoms with Gasteiger partial charge in [0.25, 0.3) is 10.1 Å². The minimum absolute atomic E-state index is 0.0190. The molecule has 1 aromatic rings. The number of rotatable bonds is 14. The number of carboxylic acids is 1. The largest absolute Gasteiger partial charge is 0.479 e. The van der Waals surface area contributed by atoms with Crippen LogP contribution >= 0.6 is 0 Å². The molecule has 0 heterocycles. The molecular formula is C22H33NO9S. The van der Waals surface area contributed by atoms with Crippen molar-refractivity contribution in [3.8, 4) is 0 Å². The Morgan fingerprint density at radius 1 is 1.15 bits per heavy atom. The summed E-state index contributed by atoms with van der Waals surface area (Å²) < 4.78 is 35.5. The van der Waals surface area contributed by atoms with Crippen LogP contribution in [-0.4, -0.2) is 60.7 Å². The highest BCUT2D eigenvalue weighted by Gasteiger charge is 2.57. The quantitative estimate of drug-likeness (QED) is 0.153. The van der Waals surface area contributed by atoms with Gasteiger partial charge in [0.1, 0.15) is 0 Å². The van der Waals surface area contributed by atoms with E-state index in [1.54, 1.807) is 37.3 Å². The molecule has 0 bridgehead atoms. The molecule has 0 saturated heterocycles. The lowest BCUT2D eigenvalue weighted by Gasteiger charge is -2.43. The van der Waals surface area contributed by atoms with Crippen molar-refractivity contribution < 1.29 is 41.9 Å². The predicted molar refractivity (Wildman–Crippen MR) is 119 cm³/mol. The fourth-order valence-corrected chi connectivity index (χ4v) is 4.17. The van der Waals surface area contributed by atoms with Gasteiger partial charge in [0.05, 0.1) is 11.2 Å². The summed E-state index contributed by atoms with van der Waals surface area (Å²) >= 11 is 0. The lowest BCUT2D eigenvalue weighted by molar-refractivity contribution is -0.223. The summed E-state index contributed by atoms with van der Waals surface area (Å²) in [4.78, 5) is 35.3. The number of aliphatic hydroxyl groups is 1. The van der Waals surface area contributed by atoms with Gasteiger partial charge in [-0.05, 0) is 18.4 Å². The standard InChI is InChI=1S/C22H33NO9S/c1-5-10-18(25)31-20(32-33(29,30)14-9-13-23-16(2)24)21(3,4)22(28,19(26)27)15-17-11-7-6-8-12-17/h6-8,11-12,20,28H,5,9-10,13-15H2,1-4H3,(H,23,24)(H,26,27)/t20?,22-/m0/s1. The molecule has 186 valence electrons. The highest BCUT2D eigenvalue weighted by atomic mass is 32.2. The summed E-state index contributed by atoms with van der Waals surface area (Å²) in [5, 5.41) is 23.6. The van der Waals surface area contributed by atoms with Crippen LogP contribution in [0.15, 0.2) is 30.3 Å². The van der Waals surface area contributed by atoms with E-state index in [0.717, 1.165) is 0 Å². The number of carboxylic acid groups (broad SMARTS) is 1. The molecule has 0 spiro atoms. The smallest absolute Gasteiger partial charge is 0.336 e. The Balaban J connectivity index is 3.25. The zero-order valence-corrected chi connectivity index (χ0v) is 20.2. The van der Waals surface area contributed by atoms with Gasteiger partial charge in [-0.15, -0.1) is 0 Å². The Morgan fingerprint density at radius 2 is 1.76 bits per heavy atom. The van der Waals surface area contributed by atoms with Crippen LogP contribution in [0.25, 0.3) is 0 Å². The van der Waals surface area contributed by atoms with Crippen molar-refractivity contribution in [1.82, 2.24) is 5.32 Å². The number of ether oxygens (including phenoxy) is 1. The molecule has 0 aliphatic carbocycles. The van der Waals surface area contributed by atoms with Crippen LogP contribution in [0.2, 0.25) is 0 Å². The Hall–Kier alpha value is -2.50. The Labute approximate surface area is 194 Å². The van der Waals surface area contributed by atoms with E-state index in [0.29, 0.717) is 12.0 Å². The second kappa shape index (κ2) is 12.1. The predicted octanol–water partition coefficient (Wildman–Crippen LogP) is 1.61. The summed E-state index contributed by atoms with van der Waals surface area (Å²) in [6.07, 6.45) is -1.92. The number of carbonyl (C=O) groups excluding carboxylic acids is 2. The third-order valence-electron chi connectivity index (χ3n) is 5.18. The Morgan fingerprint density at radius 3 is 2.27 bits per heavy atom. The molecule has 0 aliphatic rings. The number of amides is 1. The van der Waals surface area contributed by atoms with E-state index in [4.69, 9.17) is 8.92 Å². The topological polar surface area (TPSA) is 156 Å². The highest BCUT2D eigenvalue weighted by Crippen LogP contribution is 2.40. The molecule has 2 atom stereocenters. The summed E-state index contributed by atoms with van der Waals surface area (Å²) in [6.45, 7) is 5.61. The van der Waals surface area contributed by atoms with Crippen molar-refractivity contribution >= 4 is 28.0 Å². The van der Waals surface area contributed by atoms with Gasteiger partial charge >= 0.3 is 11.9 Å². The van der Waals surface area contributed by atoms with E-state index < -0.39 is 45.1 Å². The second-order valence-corrected chi connectivity index (χ2v) is 10.0. The number of benzene rings is 1. The van der Waals surface area contributed by atoms with Crippen LogP contribution in [0, 0.1) is 5.41 Å². The summed E-state index contributed by atoms with van der Waals surface area (Å²) in [7, 11) is -4.31. The van der Waals surface area contributed by atoms with Gasteiger partial charge in [0.15, 0.2) is 5.60 Å². The molecule has 0 aromatic heterocycles. The second-order valence-electron chi connectivity index (χ2n) is 8.32. The first-order valence-corrected chi connectivity index (χ1v) is 12.2. The first kappa shape index (κ1) is 28.5. The van der Waals surface area contributed by atoms with E-state index >= 15 is 0 Å². The minimum Gasteiger partial charge on any atom is -0.479 e. The minimum atomic E-state index is -4.31. The zero-order valence-electron chi connectivity index (χ0n) is 19.4. The summed E-state index contributed by atoms with van der Waals surface area (Å²) in [5.74, 6) is -3.26. The van der Waals surface area contributed by atoms with Gasteiger partial charge in [-0.2, -0.15) is 8.42 Å². The van der Waals surface area contributed by atoms with Gasteiger partial charge < -0.3 is 20.3 Å². The number of aliphatic carboxylic acids is 1. The SMILES string of the molecule is CCCC(=O)OC(OS(=O)(=O)CCCNC(C)=O)C(C)(C)[C@](O)(Cc1ccccc1)C(=O)O. The van der Waals surface area contributed by atoms with Crippen LogP contribution < -0.4 is 5.32 Å². The van der Waals surface area contributed by atoms with Crippen molar-refractivity contribution in [2.75, 3.05) is 12.3 Å². The number of carbonyl (C=O) groups is 3. The highest BCUT2D eigenvalue weighted by molar-refractivity contribution is 7.86. The average Bonchev–Trinajstić information content (AvgIpc) is 2.71. The van der Waals surface area contributed by atoms with Crippen molar-refractivity contribution in [1.29, 1.82) is 0 Å². The van der Waals surface area contributed by atoms with Crippen molar-refractivity contribution in [2.45, 2.75) is 65.3 Å². The van der Waals surface area contributed by atoms with Crippen molar-refractivity contribution in [2.24, 2.45) is 5.41 Å². The van der Waals surface area contributed by atoms with E-state index in [2.05, 4.69) is 5.32 Å². The Kier molecular flexibility index (Phi) is 10.5. The van der Waals surface area contributed by atoms with Crippen LogP contribution in [0.5, 0.6) is 0 Å². The monoisotopic (exact) mass is 487 g/mol. The number of esters is 1. The molecular weight excluding hydrogens is 454 g/mol. The van der Waals surface area contributed by atoms with Crippen molar-refractivity contribution in [3.63, 3.8) is 0 Å². The van der Waals surface area contributed by atoms with Crippen LogP contribution in [-0.2, 0) is 39.8 Å². The molecule has 1 unspecified atom stereocenters. The van der Waals surface area contributed by atoms with Gasteiger partial charge in [-0.25, -0.2) is 8.98 Å². The van der Waals surface area contributed by atoms with Gasteiger partial charge in [-0.1, -0.05) is 51.1 Å². The third kappa shape index (κ3) is 8.41. The maximum atomic E-state index is 12.6. The van der Waals surface area contributed by atoms with E-state index in [1.165, 1.54) is 20.8 Å². The molecule has 0 saturated carbocycles. The fourth-order valence-electron chi connectivity index (χ4n) is 3.03. The molecule has 10 nitrogen and oxygen atoms in total. The van der Waals surface area contributed by atoms with Gasteiger partial charge in [-0.3, -0.25) is 9.59 Å². The van der Waals surface area contributed by atoms with Gasteiger partial charge in [0.2, 0.25) is 12.2 Å². The molecule has 0 radical (unpaired) electrons. The molecule has 11 heteroatoms. The molecule has 0 fully saturated rings. The summed E-state index contributed by atoms with van der Waals surface area (Å²) in [5.41, 5.74) is -3.95. The van der Waals surface area contributed by atoms with Crippen LogP contribution in [0.1, 0.15) is 52.5 Å². The lowest BCUT2D eigenvalue weighted by Crippen LogP contribution is -2.60. The fraction of sp³-hybridized carbons (Fsp3) is 0.591. The number of nitrogens with one attached hydrogen (secondary N) is 1. The number of hydrogen-bond donors (Lipinski definition) is 3. The van der Waals surface area contributed by atoms with Crippen LogP contribution in [0.4, 0.5) is 0 Å². The average molecular weight is 488 g/mol. The summed E-state index contributed by atoms with van der Waals surface area (Å²) in [6, 6.07) is 8.28. The Bertz CT molecular complexity index is 915. The molecule has 3 N–H and O–H groups in total. The maximum Gasteiger partial charge on any atom is 0.336 e. The van der Waals surface area contributed by atoms with Gasteiger partial charge in [0, 0.05) is 26.3 Å². The molecule has 1 aromatic carbocycles. The molecule has 0 aliphatic heterocycles. The molecule has 1 amide bonds. The first-order chi connectivity index (χ1) is 15.2. The third-order valence-corrected chi connectivity index (χ3v) is 6.44. The maximum absolute atomic E-state index is 12.6. The lowest BCUT2D eigenvalue weighted by atomic mass is 9.71. The van der Waals surface area contributed by atoms with E-state index in [1.807, 2.05) is 0 Å². The zero-order chi connectivity index (χ0) is 25.3. The normalized spacial score (nSPS) is 14.7. The van der Waals surface area contributed by atoms with Crippen molar-refractivity contribution in [3.05, 3.63) is 35.9 Å². The first-order valence-electron chi connectivity index (χ1n) is 10.6. The van der Waals surface area contributed by atoms with E-state index in [-0.39, 0.29) is 31.7 Å². The number of hydrogen-bond acceptors (Lipinski definition) is 8. The molecule has 33 heavy (non-hydrogen) atoms. The van der Waals surface area contributed by atoms with Crippen LogP contribution in [0.3, 0.4) is 0 Å².